The molecule has 0 unspecified atom stereocenters. The fourth-order valence-corrected chi connectivity index (χ4v) is 2.39. The van der Waals surface area contributed by atoms with Gasteiger partial charge in [-0.1, -0.05) is 61.4 Å². The fraction of sp³-hybridized carbons (Fsp3) is 0.750. The number of imide groups is 2. The van der Waals surface area contributed by atoms with Crippen molar-refractivity contribution < 1.29 is 14.4 Å². The highest BCUT2D eigenvalue weighted by atomic mass is 79.9. The van der Waals surface area contributed by atoms with Crippen LogP contribution in [0.1, 0.15) is 51.9 Å². The highest BCUT2D eigenvalue weighted by Gasteiger charge is 2.47. The molecule has 1 aliphatic heterocycles. The second-order valence-electron chi connectivity index (χ2n) is 4.56. The first-order chi connectivity index (χ1) is 8.50. The highest BCUT2D eigenvalue weighted by molar-refractivity contribution is 9.10. The van der Waals surface area contributed by atoms with Gasteiger partial charge in [-0.25, -0.2) is 4.79 Å². The van der Waals surface area contributed by atoms with Crippen molar-refractivity contribution in [1.29, 1.82) is 0 Å². The molecule has 102 valence electrons. The molecular formula is C12H19BrN2O3. The Balaban J connectivity index is 2.37. The maximum absolute atomic E-state index is 11.7. The van der Waals surface area contributed by atoms with Crippen LogP contribution < -0.4 is 10.6 Å². The summed E-state index contributed by atoms with van der Waals surface area (Å²) in [6.45, 7) is 2.15. The van der Waals surface area contributed by atoms with Crippen LogP contribution in [-0.4, -0.2) is 22.2 Å². The zero-order chi connectivity index (χ0) is 13.6. The van der Waals surface area contributed by atoms with E-state index in [4.69, 9.17) is 0 Å². The molecule has 0 bridgehead atoms. The van der Waals surface area contributed by atoms with Crippen LogP contribution in [0, 0.1) is 0 Å². The van der Waals surface area contributed by atoms with Gasteiger partial charge < -0.3 is 0 Å². The maximum atomic E-state index is 11.7. The van der Waals surface area contributed by atoms with Gasteiger partial charge in [0.1, 0.15) is 0 Å². The number of urea groups is 1. The summed E-state index contributed by atoms with van der Waals surface area (Å²) in [4.78, 5) is 34.3. The fourth-order valence-electron chi connectivity index (χ4n) is 1.91. The van der Waals surface area contributed by atoms with Gasteiger partial charge in [0.15, 0.2) is 4.32 Å². The van der Waals surface area contributed by atoms with Crippen LogP contribution in [0.25, 0.3) is 0 Å². The Labute approximate surface area is 115 Å². The number of amides is 4. The van der Waals surface area contributed by atoms with Gasteiger partial charge in [0, 0.05) is 0 Å². The zero-order valence-electron chi connectivity index (χ0n) is 10.6. The smallest absolute Gasteiger partial charge is 0.276 e. The van der Waals surface area contributed by atoms with E-state index >= 15 is 0 Å². The SMILES string of the molecule is CCCCCCCCC1(Br)C(=O)NC(=O)NC1=O. The third-order valence-electron chi connectivity index (χ3n) is 3.05. The van der Waals surface area contributed by atoms with Crippen molar-refractivity contribution in [2.45, 2.75) is 56.2 Å². The Morgan fingerprint density at radius 2 is 1.44 bits per heavy atom. The number of carbonyl (C=O) groups excluding carboxylic acids is 3. The maximum Gasteiger partial charge on any atom is 0.328 e. The molecule has 6 heteroatoms. The van der Waals surface area contributed by atoms with Crippen molar-refractivity contribution in [1.82, 2.24) is 10.6 Å². The lowest BCUT2D eigenvalue weighted by atomic mass is 9.97. The number of hydrogen-bond donors (Lipinski definition) is 2. The Bertz CT molecular complexity index is 324. The van der Waals surface area contributed by atoms with Crippen LogP contribution in [0.5, 0.6) is 0 Å². The molecule has 0 saturated carbocycles. The third kappa shape index (κ3) is 3.80. The number of unbranched alkanes of at least 4 members (excludes halogenated alkanes) is 5. The highest BCUT2D eigenvalue weighted by Crippen LogP contribution is 2.28. The Morgan fingerprint density at radius 3 is 2.00 bits per heavy atom. The van der Waals surface area contributed by atoms with Gasteiger partial charge in [-0.3, -0.25) is 20.2 Å². The van der Waals surface area contributed by atoms with Gasteiger partial charge in [0.2, 0.25) is 0 Å². The Hall–Kier alpha value is -0.910. The molecule has 1 heterocycles. The van der Waals surface area contributed by atoms with Crippen LogP contribution in [-0.2, 0) is 9.59 Å². The largest absolute Gasteiger partial charge is 0.328 e. The second kappa shape index (κ2) is 6.87. The van der Waals surface area contributed by atoms with Gasteiger partial charge in [-0.05, 0) is 6.42 Å². The van der Waals surface area contributed by atoms with E-state index in [2.05, 4.69) is 33.5 Å². The van der Waals surface area contributed by atoms with E-state index in [9.17, 15) is 14.4 Å². The van der Waals surface area contributed by atoms with E-state index in [1.54, 1.807) is 0 Å². The van der Waals surface area contributed by atoms with Crippen molar-refractivity contribution >= 4 is 33.8 Å². The van der Waals surface area contributed by atoms with Crippen molar-refractivity contribution in [2.24, 2.45) is 0 Å². The molecule has 4 amide bonds. The third-order valence-corrected chi connectivity index (χ3v) is 4.17. The predicted octanol–water partition coefficient (Wildman–Crippen LogP) is 2.24. The zero-order valence-corrected chi connectivity index (χ0v) is 12.1. The molecule has 18 heavy (non-hydrogen) atoms. The van der Waals surface area contributed by atoms with Crippen molar-refractivity contribution in [3.63, 3.8) is 0 Å². The minimum atomic E-state index is -1.29. The summed E-state index contributed by atoms with van der Waals surface area (Å²) in [6, 6.07) is -0.747. The van der Waals surface area contributed by atoms with E-state index < -0.39 is 22.2 Å². The van der Waals surface area contributed by atoms with Crippen molar-refractivity contribution in [3.8, 4) is 0 Å². The molecule has 2 N–H and O–H groups in total. The summed E-state index contributed by atoms with van der Waals surface area (Å²) in [5.41, 5.74) is 0. The van der Waals surface area contributed by atoms with E-state index in [0.717, 1.165) is 19.3 Å². The molecule has 0 spiro atoms. The molecule has 1 rings (SSSR count). The first-order valence-electron chi connectivity index (χ1n) is 6.36. The number of barbiturate groups is 1. The molecule has 5 nitrogen and oxygen atoms in total. The molecule has 0 atom stereocenters. The van der Waals surface area contributed by atoms with E-state index in [1.807, 2.05) is 0 Å². The molecule has 1 aliphatic rings. The summed E-state index contributed by atoms with van der Waals surface area (Å²) < 4.78 is -1.29. The lowest BCUT2D eigenvalue weighted by Crippen LogP contribution is -2.63. The Morgan fingerprint density at radius 1 is 0.944 bits per heavy atom. The summed E-state index contributed by atoms with van der Waals surface area (Å²) in [5, 5.41) is 4.21. The second-order valence-corrected chi connectivity index (χ2v) is 5.91. The molecule has 0 aromatic rings. The average Bonchev–Trinajstić information content (AvgIpc) is 2.31. The topological polar surface area (TPSA) is 75.3 Å². The first-order valence-corrected chi connectivity index (χ1v) is 7.16. The molecule has 0 radical (unpaired) electrons. The molecule has 1 fully saturated rings. The normalized spacial score (nSPS) is 18.4. The standard InChI is InChI=1S/C12H19BrN2O3/c1-2-3-4-5-6-7-8-12(13)9(16)14-11(18)15-10(12)17/h2-8H2,1H3,(H2,14,15,16,17,18). The van der Waals surface area contributed by atoms with Crippen LogP contribution in [0.4, 0.5) is 4.79 Å². The van der Waals surface area contributed by atoms with E-state index in [0.29, 0.717) is 6.42 Å². The van der Waals surface area contributed by atoms with E-state index in [-0.39, 0.29) is 0 Å². The van der Waals surface area contributed by atoms with Crippen LogP contribution in [0.15, 0.2) is 0 Å². The molecule has 0 aliphatic carbocycles. The van der Waals surface area contributed by atoms with E-state index in [1.165, 1.54) is 19.3 Å². The number of hydrogen-bond acceptors (Lipinski definition) is 3. The molecule has 1 saturated heterocycles. The summed E-state index contributed by atoms with van der Waals surface area (Å²) in [5.74, 6) is -1.13. The molecular weight excluding hydrogens is 300 g/mol. The summed E-state index contributed by atoms with van der Waals surface area (Å²) >= 11 is 3.16. The number of rotatable bonds is 7. The quantitative estimate of drug-likeness (QED) is 0.429. The first kappa shape index (κ1) is 15.1. The lowest BCUT2D eigenvalue weighted by Gasteiger charge is -2.28. The number of nitrogens with one attached hydrogen (secondary N) is 2. The monoisotopic (exact) mass is 318 g/mol. The minimum absolute atomic E-state index is 0.407. The number of halogens is 1. The van der Waals surface area contributed by atoms with Gasteiger partial charge in [-0.15, -0.1) is 0 Å². The number of carbonyl (C=O) groups is 3. The lowest BCUT2D eigenvalue weighted by molar-refractivity contribution is -0.133. The van der Waals surface area contributed by atoms with Gasteiger partial charge in [0.25, 0.3) is 11.8 Å². The van der Waals surface area contributed by atoms with Gasteiger partial charge in [-0.2, -0.15) is 0 Å². The van der Waals surface area contributed by atoms with Gasteiger partial charge >= 0.3 is 6.03 Å². The minimum Gasteiger partial charge on any atom is -0.276 e. The van der Waals surface area contributed by atoms with Crippen LogP contribution in [0.3, 0.4) is 0 Å². The molecule has 0 aromatic heterocycles. The summed E-state index contributed by atoms with van der Waals surface area (Å²) in [7, 11) is 0. The van der Waals surface area contributed by atoms with Crippen LogP contribution in [0.2, 0.25) is 0 Å². The average molecular weight is 319 g/mol. The van der Waals surface area contributed by atoms with Crippen molar-refractivity contribution in [3.05, 3.63) is 0 Å². The van der Waals surface area contributed by atoms with Gasteiger partial charge in [0.05, 0.1) is 0 Å². The predicted molar refractivity (Wildman–Crippen MR) is 71.3 cm³/mol. The molecule has 0 aromatic carbocycles. The Kier molecular flexibility index (Phi) is 5.78. The summed E-state index contributed by atoms with van der Waals surface area (Å²) in [6.07, 6.45) is 6.88. The number of alkyl halides is 1. The van der Waals surface area contributed by atoms with Crippen LogP contribution >= 0.6 is 15.9 Å². The van der Waals surface area contributed by atoms with Crippen molar-refractivity contribution in [2.75, 3.05) is 0 Å².